The number of rotatable bonds is 1. The maximum atomic E-state index is 11.1. The van der Waals surface area contributed by atoms with Crippen molar-refractivity contribution in [1.29, 1.82) is 0 Å². The summed E-state index contributed by atoms with van der Waals surface area (Å²) in [5.74, 6) is 0.916. The zero-order valence-corrected chi connectivity index (χ0v) is 7.92. The van der Waals surface area contributed by atoms with Crippen LogP contribution in [0.3, 0.4) is 0 Å². The smallest absolute Gasteiger partial charge is 0.133 e. The van der Waals surface area contributed by atoms with Gasteiger partial charge in [-0.1, -0.05) is 29.8 Å². The van der Waals surface area contributed by atoms with Crippen molar-refractivity contribution in [3.63, 3.8) is 0 Å². The highest BCUT2D eigenvalue weighted by Gasteiger charge is 2.23. The first-order chi connectivity index (χ1) is 6.25. The number of aryl methyl sites for hydroxylation is 1. The van der Waals surface area contributed by atoms with Crippen molar-refractivity contribution >= 4 is 5.78 Å². The van der Waals surface area contributed by atoms with Crippen LogP contribution in [0.15, 0.2) is 24.3 Å². The number of carbonyl (C=O) groups excluding carboxylic acids is 1. The normalized spacial score (nSPS) is 22.2. The van der Waals surface area contributed by atoms with E-state index in [4.69, 9.17) is 0 Å². The summed E-state index contributed by atoms with van der Waals surface area (Å²) < 4.78 is 0. The van der Waals surface area contributed by atoms with Crippen LogP contribution in [0.4, 0.5) is 0 Å². The number of Topliss-reactive ketones (excluding diaryl/α,β-unsaturated/α-hetero) is 1. The minimum Gasteiger partial charge on any atom is -0.300 e. The molecule has 0 saturated heterocycles. The molecule has 1 aromatic carbocycles. The van der Waals surface area contributed by atoms with E-state index in [-0.39, 0.29) is 0 Å². The molecule has 1 heteroatoms. The summed E-state index contributed by atoms with van der Waals surface area (Å²) in [5.41, 5.74) is 2.63. The zero-order valence-electron chi connectivity index (χ0n) is 7.92. The van der Waals surface area contributed by atoms with E-state index in [0.717, 1.165) is 19.3 Å². The van der Waals surface area contributed by atoms with Crippen molar-refractivity contribution in [1.82, 2.24) is 0 Å². The third kappa shape index (κ3) is 1.80. The van der Waals surface area contributed by atoms with E-state index < -0.39 is 0 Å². The Bertz CT molecular complexity index is 328. The number of ketones is 1. The van der Waals surface area contributed by atoms with Gasteiger partial charge in [-0.25, -0.2) is 0 Å². The average molecular weight is 174 g/mol. The molecule has 0 aliphatic heterocycles. The van der Waals surface area contributed by atoms with Gasteiger partial charge >= 0.3 is 0 Å². The van der Waals surface area contributed by atoms with E-state index in [1.807, 2.05) is 0 Å². The van der Waals surface area contributed by atoms with E-state index in [1.54, 1.807) is 0 Å². The fourth-order valence-electron chi connectivity index (χ4n) is 2.02. The molecule has 2 rings (SSSR count). The van der Waals surface area contributed by atoms with Gasteiger partial charge in [-0.2, -0.15) is 0 Å². The molecule has 1 aliphatic rings. The zero-order chi connectivity index (χ0) is 9.26. The third-order valence-corrected chi connectivity index (χ3v) is 2.76. The topological polar surface area (TPSA) is 17.1 Å². The molecule has 0 amide bonds. The van der Waals surface area contributed by atoms with Crippen LogP contribution in [0.5, 0.6) is 0 Å². The van der Waals surface area contributed by atoms with Gasteiger partial charge in [-0.05, 0) is 24.8 Å². The van der Waals surface area contributed by atoms with E-state index >= 15 is 0 Å². The van der Waals surface area contributed by atoms with E-state index in [1.165, 1.54) is 11.1 Å². The molecule has 0 unspecified atom stereocenters. The van der Waals surface area contributed by atoms with Gasteiger partial charge in [0, 0.05) is 12.8 Å². The maximum Gasteiger partial charge on any atom is 0.133 e. The SMILES string of the molecule is Cc1cccc([C@@H]2CCC(=O)C2)c1. The summed E-state index contributed by atoms with van der Waals surface area (Å²) in [5, 5.41) is 0. The van der Waals surface area contributed by atoms with Crippen molar-refractivity contribution in [2.75, 3.05) is 0 Å². The van der Waals surface area contributed by atoms with Crippen molar-refractivity contribution in [2.45, 2.75) is 32.1 Å². The van der Waals surface area contributed by atoms with E-state index in [0.29, 0.717) is 11.7 Å². The molecule has 0 bridgehead atoms. The van der Waals surface area contributed by atoms with Crippen LogP contribution in [0, 0.1) is 6.92 Å². The largest absolute Gasteiger partial charge is 0.300 e. The molecule has 0 aromatic heterocycles. The lowest BCUT2D eigenvalue weighted by molar-refractivity contribution is -0.117. The second kappa shape index (κ2) is 3.33. The van der Waals surface area contributed by atoms with Gasteiger partial charge in [0.1, 0.15) is 5.78 Å². The van der Waals surface area contributed by atoms with Crippen LogP contribution in [-0.4, -0.2) is 5.78 Å². The molecule has 0 N–H and O–H groups in total. The summed E-state index contributed by atoms with van der Waals surface area (Å²) in [7, 11) is 0. The van der Waals surface area contributed by atoms with Gasteiger partial charge in [0.05, 0.1) is 0 Å². The molecule has 68 valence electrons. The Morgan fingerprint density at radius 2 is 2.23 bits per heavy atom. The Labute approximate surface area is 78.8 Å². The first kappa shape index (κ1) is 8.49. The number of benzene rings is 1. The summed E-state index contributed by atoms with van der Waals surface area (Å²) >= 11 is 0. The predicted molar refractivity (Wildman–Crippen MR) is 52.8 cm³/mol. The van der Waals surface area contributed by atoms with Crippen LogP contribution < -0.4 is 0 Å². The Balaban J connectivity index is 2.21. The molecular formula is C12H14O. The van der Waals surface area contributed by atoms with Crippen molar-refractivity contribution < 1.29 is 4.79 Å². The van der Waals surface area contributed by atoms with Crippen molar-refractivity contribution in [2.24, 2.45) is 0 Å². The quantitative estimate of drug-likeness (QED) is 0.639. The molecule has 13 heavy (non-hydrogen) atoms. The van der Waals surface area contributed by atoms with Gasteiger partial charge in [0.25, 0.3) is 0 Å². The Kier molecular flexibility index (Phi) is 2.17. The highest BCUT2D eigenvalue weighted by Crippen LogP contribution is 2.32. The van der Waals surface area contributed by atoms with Crippen LogP contribution in [-0.2, 0) is 4.79 Å². The molecular weight excluding hydrogens is 160 g/mol. The van der Waals surface area contributed by atoms with E-state index in [2.05, 4.69) is 31.2 Å². The molecule has 1 nitrogen and oxygen atoms in total. The molecule has 1 atom stereocenters. The summed E-state index contributed by atoms with van der Waals surface area (Å²) in [6.07, 6.45) is 2.57. The molecule has 1 aliphatic carbocycles. The molecule has 0 spiro atoms. The second-order valence-electron chi connectivity index (χ2n) is 3.89. The molecule has 1 saturated carbocycles. The van der Waals surface area contributed by atoms with Gasteiger partial charge in [-0.15, -0.1) is 0 Å². The average Bonchev–Trinajstić information content (AvgIpc) is 2.52. The van der Waals surface area contributed by atoms with Crippen LogP contribution in [0.25, 0.3) is 0 Å². The molecule has 0 heterocycles. The van der Waals surface area contributed by atoms with Crippen LogP contribution in [0.1, 0.15) is 36.3 Å². The maximum absolute atomic E-state index is 11.1. The highest BCUT2D eigenvalue weighted by molar-refractivity contribution is 5.81. The van der Waals surface area contributed by atoms with Gasteiger partial charge in [0.15, 0.2) is 0 Å². The number of hydrogen-bond acceptors (Lipinski definition) is 1. The minimum absolute atomic E-state index is 0.423. The first-order valence-corrected chi connectivity index (χ1v) is 4.84. The van der Waals surface area contributed by atoms with Crippen LogP contribution in [0.2, 0.25) is 0 Å². The van der Waals surface area contributed by atoms with Crippen LogP contribution >= 0.6 is 0 Å². The Morgan fingerprint density at radius 3 is 2.85 bits per heavy atom. The Hall–Kier alpha value is -1.11. The van der Waals surface area contributed by atoms with Gasteiger partial charge in [0.2, 0.25) is 0 Å². The van der Waals surface area contributed by atoms with Crippen molar-refractivity contribution in [3.8, 4) is 0 Å². The monoisotopic (exact) mass is 174 g/mol. The molecule has 0 radical (unpaired) electrons. The lowest BCUT2D eigenvalue weighted by Crippen LogP contribution is -1.94. The van der Waals surface area contributed by atoms with Crippen molar-refractivity contribution in [3.05, 3.63) is 35.4 Å². The van der Waals surface area contributed by atoms with Gasteiger partial charge < -0.3 is 0 Å². The molecule has 1 aromatic rings. The lowest BCUT2D eigenvalue weighted by Gasteiger charge is -2.08. The molecule has 1 fully saturated rings. The highest BCUT2D eigenvalue weighted by atomic mass is 16.1. The fourth-order valence-corrected chi connectivity index (χ4v) is 2.02. The number of hydrogen-bond donors (Lipinski definition) is 0. The standard InChI is InChI=1S/C12H14O/c1-9-3-2-4-10(7-9)11-5-6-12(13)8-11/h2-4,7,11H,5-6,8H2,1H3/t11-/m1/s1. The summed E-state index contributed by atoms with van der Waals surface area (Å²) in [4.78, 5) is 11.1. The lowest BCUT2D eigenvalue weighted by atomic mass is 9.96. The summed E-state index contributed by atoms with van der Waals surface area (Å²) in [6.45, 7) is 2.10. The summed E-state index contributed by atoms with van der Waals surface area (Å²) in [6, 6.07) is 8.51. The van der Waals surface area contributed by atoms with Gasteiger partial charge in [-0.3, -0.25) is 4.79 Å². The minimum atomic E-state index is 0.423. The second-order valence-corrected chi connectivity index (χ2v) is 3.89. The Morgan fingerprint density at radius 1 is 1.38 bits per heavy atom. The fraction of sp³-hybridized carbons (Fsp3) is 0.417. The predicted octanol–water partition coefficient (Wildman–Crippen LogP) is 2.83. The number of carbonyl (C=O) groups is 1. The third-order valence-electron chi connectivity index (χ3n) is 2.76. The first-order valence-electron chi connectivity index (χ1n) is 4.84. The van der Waals surface area contributed by atoms with E-state index in [9.17, 15) is 4.79 Å².